The van der Waals surface area contributed by atoms with Gasteiger partial charge in [-0.15, -0.1) is 0 Å². The summed E-state index contributed by atoms with van der Waals surface area (Å²) in [5, 5.41) is 14.6. The van der Waals surface area contributed by atoms with E-state index in [1.165, 1.54) is 64.6 Å². The number of benzene rings is 10. The minimum atomic E-state index is 0.679. The van der Waals surface area contributed by atoms with Crippen LogP contribution in [0.15, 0.2) is 206 Å². The van der Waals surface area contributed by atoms with Crippen LogP contribution in [-0.4, -0.2) is 19.1 Å². The number of para-hydroxylation sites is 2. The van der Waals surface area contributed by atoms with Gasteiger partial charge in [0.25, 0.3) is 0 Å². The van der Waals surface area contributed by atoms with Crippen molar-refractivity contribution in [2.45, 2.75) is 0 Å². The molecule has 0 aliphatic heterocycles. The van der Waals surface area contributed by atoms with E-state index >= 15 is 0 Å². The van der Waals surface area contributed by atoms with Crippen LogP contribution in [0.3, 0.4) is 0 Å². The average Bonchev–Trinajstić information content (AvgIpc) is 3.86. The minimum Gasteiger partial charge on any atom is -0.307 e. The molecule has 0 amide bonds. The van der Waals surface area contributed by atoms with Gasteiger partial charge in [-0.2, -0.15) is 0 Å². The predicted molar refractivity (Wildman–Crippen MR) is 252 cm³/mol. The summed E-state index contributed by atoms with van der Waals surface area (Å²) in [6.45, 7) is 0. The molecule has 0 saturated carbocycles. The zero-order valence-corrected chi connectivity index (χ0v) is 32.4. The molecule has 13 rings (SSSR count). The van der Waals surface area contributed by atoms with Gasteiger partial charge in [0.15, 0.2) is 5.82 Å². The van der Waals surface area contributed by atoms with Crippen LogP contribution in [0.1, 0.15) is 0 Å². The molecule has 0 atom stereocenters. The average molecular weight is 763 g/mol. The van der Waals surface area contributed by atoms with Gasteiger partial charge in [-0.1, -0.05) is 182 Å². The smallest absolute Gasteiger partial charge is 0.162 e. The van der Waals surface area contributed by atoms with E-state index in [1.54, 1.807) is 0 Å². The second kappa shape index (κ2) is 12.7. The summed E-state index contributed by atoms with van der Waals surface area (Å²) in [5.74, 6) is 1.49. The van der Waals surface area contributed by atoms with Crippen molar-refractivity contribution in [1.29, 1.82) is 0 Å². The van der Waals surface area contributed by atoms with Gasteiger partial charge in [-0.25, -0.2) is 9.97 Å². The molecule has 0 aliphatic rings. The van der Waals surface area contributed by atoms with Gasteiger partial charge in [0.1, 0.15) is 5.82 Å². The molecule has 10 aromatic carbocycles. The Morgan fingerprint density at radius 2 is 0.783 bits per heavy atom. The first-order chi connectivity index (χ1) is 29.8. The van der Waals surface area contributed by atoms with Crippen LogP contribution in [0.2, 0.25) is 0 Å². The number of aromatic nitrogens is 4. The van der Waals surface area contributed by atoms with E-state index in [2.05, 4.69) is 209 Å². The molecule has 3 aromatic heterocycles. The highest BCUT2D eigenvalue weighted by molar-refractivity contribution is 6.43. The highest BCUT2D eigenvalue weighted by atomic mass is 15.1. The Morgan fingerprint density at radius 1 is 0.300 bits per heavy atom. The number of rotatable bonds is 4. The van der Waals surface area contributed by atoms with Crippen LogP contribution >= 0.6 is 0 Å². The Morgan fingerprint density at radius 3 is 1.45 bits per heavy atom. The van der Waals surface area contributed by atoms with Gasteiger partial charge in [0.05, 0.1) is 27.8 Å². The van der Waals surface area contributed by atoms with Gasteiger partial charge in [-0.3, -0.25) is 4.57 Å². The van der Waals surface area contributed by atoms with E-state index in [1.807, 2.05) is 6.07 Å². The molecule has 0 unspecified atom stereocenters. The largest absolute Gasteiger partial charge is 0.307 e. The van der Waals surface area contributed by atoms with Crippen molar-refractivity contribution < 1.29 is 0 Å². The summed E-state index contributed by atoms with van der Waals surface area (Å²) in [4.78, 5) is 10.9. The molecule has 13 aromatic rings. The number of hydrogen-bond donors (Lipinski definition) is 0. The maximum absolute atomic E-state index is 5.61. The summed E-state index contributed by atoms with van der Waals surface area (Å²) in [7, 11) is 0. The maximum Gasteiger partial charge on any atom is 0.162 e. The van der Waals surface area contributed by atoms with Crippen LogP contribution in [0.25, 0.3) is 121 Å². The molecule has 0 fully saturated rings. The summed E-state index contributed by atoms with van der Waals surface area (Å²) < 4.78 is 4.94. The Bertz CT molecular complexity index is 3810. The van der Waals surface area contributed by atoms with Crippen LogP contribution < -0.4 is 0 Å². The van der Waals surface area contributed by atoms with E-state index < -0.39 is 0 Å². The molecule has 278 valence electrons. The third-order valence-corrected chi connectivity index (χ3v) is 12.5. The van der Waals surface area contributed by atoms with Crippen LogP contribution in [0, 0.1) is 0 Å². The zero-order chi connectivity index (χ0) is 39.3. The fraction of sp³-hybridized carbons (Fsp3) is 0. The van der Waals surface area contributed by atoms with E-state index in [0.29, 0.717) is 5.82 Å². The molecule has 4 heteroatoms. The van der Waals surface area contributed by atoms with Gasteiger partial charge < -0.3 is 4.57 Å². The van der Waals surface area contributed by atoms with E-state index in [4.69, 9.17) is 9.97 Å². The summed E-state index contributed by atoms with van der Waals surface area (Å²) in [6, 6.07) is 74.2. The Kier molecular flexibility index (Phi) is 6.98. The second-order valence-corrected chi connectivity index (χ2v) is 15.7. The first-order valence-corrected chi connectivity index (χ1v) is 20.5. The lowest BCUT2D eigenvalue weighted by molar-refractivity contribution is 1.05. The molecule has 0 bridgehead atoms. The first kappa shape index (κ1) is 32.9. The van der Waals surface area contributed by atoms with Crippen LogP contribution in [0.4, 0.5) is 0 Å². The van der Waals surface area contributed by atoms with Crippen molar-refractivity contribution in [3.63, 3.8) is 0 Å². The molecule has 0 N–H and O–H groups in total. The van der Waals surface area contributed by atoms with E-state index in [-0.39, 0.29) is 0 Å². The Labute approximate surface area is 344 Å². The number of hydrogen-bond acceptors (Lipinski definition) is 2. The van der Waals surface area contributed by atoms with Crippen LogP contribution in [0.5, 0.6) is 0 Å². The number of nitrogens with zero attached hydrogens (tertiary/aromatic N) is 4. The van der Waals surface area contributed by atoms with Crippen LogP contribution in [-0.2, 0) is 0 Å². The van der Waals surface area contributed by atoms with Crippen molar-refractivity contribution in [2.75, 3.05) is 0 Å². The predicted octanol–water partition coefficient (Wildman–Crippen LogP) is 14.6. The maximum atomic E-state index is 5.61. The highest BCUT2D eigenvalue weighted by Gasteiger charge is 2.27. The third-order valence-electron chi connectivity index (χ3n) is 12.5. The minimum absolute atomic E-state index is 0.679. The van der Waals surface area contributed by atoms with E-state index in [9.17, 15) is 0 Å². The van der Waals surface area contributed by atoms with Gasteiger partial charge in [0.2, 0.25) is 0 Å². The van der Waals surface area contributed by atoms with Crippen molar-refractivity contribution >= 4 is 86.7 Å². The lowest BCUT2D eigenvalue weighted by Crippen LogP contribution is -2.04. The second-order valence-electron chi connectivity index (χ2n) is 15.7. The topological polar surface area (TPSA) is 35.6 Å². The van der Waals surface area contributed by atoms with Crippen molar-refractivity contribution in [3.8, 4) is 34.2 Å². The molecular weight excluding hydrogens is 729 g/mol. The molecule has 60 heavy (non-hydrogen) atoms. The first-order valence-electron chi connectivity index (χ1n) is 20.5. The monoisotopic (exact) mass is 762 g/mol. The molecular formula is C56H34N4. The Hall–Kier alpha value is -8.08. The molecule has 4 nitrogen and oxygen atoms in total. The summed E-state index contributed by atoms with van der Waals surface area (Å²) in [6.07, 6.45) is 0. The fourth-order valence-electron chi connectivity index (χ4n) is 10.0. The normalized spacial score (nSPS) is 12.0. The number of fused-ring (bicyclic) bond motifs is 17. The Balaban J connectivity index is 1.36. The SMILES string of the molecule is c1ccc(-c2cc(-n3c4c(c5ccccc5c5c6ccccc6c6ccccc6c54)c4ccc5c6ccccc6n(-c6ccccc6)c5c43)nc(-c3ccccc3)n2)cc1. The standard InChI is InChI=1S/C56H34N4/c1-4-18-35(19-5-1)47-34-49(58-56(57-47)36-20-6-2-7-21-36)60-54-46(33-32-45-40-26-16-17-31-48(40)59(53(45)54)37-22-8-3-9-23-37)51-44-30-15-14-29-43(44)50-41-27-12-10-24-38(41)39-25-11-13-28-42(39)52(50)55(51)60/h1-34H. The van der Waals surface area contributed by atoms with E-state index in [0.717, 1.165) is 50.4 Å². The molecule has 0 radical (unpaired) electrons. The zero-order valence-electron chi connectivity index (χ0n) is 32.4. The van der Waals surface area contributed by atoms with Crippen molar-refractivity contribution in [2.24, 2.45) is 0 Å². The summed E-state index contributed by atoms with van der Waals surface area (Å²) in [5.41, 5.74) is 8.51. The molecule has 0 aliphatic carbocycles. The van der Waals surface area contributed by atoms with Crippen molar-refractivity contribution in [3.05, 3.63) is 206 Å². The lowest BCUT2D eigenvalue weighted by atomic mass is 9.89. The molecule has 0 spiro atoms. The van der Waals surface area contributed by atoms with Crippen molar-refractivity contribution in [1.82, 2.24) is 19.1 Å². The fourth-order valence-corrected chi connectivity index (χ4v) is 10.0. The molecule has 3 heterocycles. The summed E-state index contributed by atoms with van der Waals surface area (Å²) >= 11 is 0. The van der Waals surface area contributed by atoms with Gasteiger partial charge >= 0.3 is 0 Å². The third kappa shape index (κ3) is 4.61. The highest BCUT2D eigenvalue weighted by Crippen LogP contribution is 2.50. The quantitative estimate of drug-likeness (QED) is 0.167. The lowest BCUT2D eigenvalue weighted by Gasteiger charge is -2.17. The molecule has 0 saturated heterocycles. The van der Waals surface area contributed by atoms with Gasteiger partial charge in [0, 0.05) is 55.2 Å². The van der Waals surface area contributed by atoms with Gasteiger partial charge in [-0.05, 0) is 50.5 Å².